The molecule has 2 aromatic rings. The number of hydrogen-bond donors (Lipinski definition) is 3. The number of carbonyl (C=O) groups excluding carboxylic acids is 2. The number of primary amides is 1. The number of nitrogens with one attached hydrogen (secondary N) is 2. The second kappa shape index (κ2) is 10.3. The number of alkyl halides is 4. The second-order valence-corrected chi connectivity index (χ2v) is 11.4. The van der Waals surface area contributed by atoms with E-state index in [1.165, 1.54) is 26.0 Å². The normalized spacial score (nSPS) is 18.9. The van der Waals surface area contributed by atoms with Crippen LogP contribution < -0.4 is 16.4 Å². The third-order valence-electron chi connectivity index (χ3n) is 7.47. The minimum atomic E-state index is -4.77. The molecule has 2 aliphatic rings. The van der Waals surface area contributed by atoms with Gasteiger partial charge in [0.05, 0.1) is 12.1 Å². The van der Waals surface area contributed by atoms with Crippen molar-refractivity contribution in [2.45, 2.75) is 87.3 Å². The van der Waals surface area contributed by atoms with E-state index in [0.29, 0.717) is 18.4 Å². The third kappa shape index (κ3) is 6.95. The van der Waals surface area contributed by atoms with E-state index in [-0.39, 0.29) is 23.3 Å². The van der Waals surface area contributed by atoms with Gasteiger partial charge in [0.1, 0.15) is 17.2 Å². The average molecular weight is 545 g/mol. The third-order valence-corrected chi connectivity index (χ3v) is 7.47. The van der Waals surface area contributed by atoms with Gasteiger partial charge in [0.25, 0.3) is 0 Å². The Morgan fingerprint density at radius 2 is 1.51 bits per heavy atom. The van der Waals surface area contributed by atoms with Crippen LogP contribution in [0.2, 0.25) is 0 Å². The first-order chi connectivity index (χ1) is 18.2. The Balaban J connectivity index is 1.53. The van der Waals surface area contributed by atoms with Gasteiger partial charge in [-0.15, -0.1) is 0 Å². The molecule has 208 valence electrons. The maximum Gasteiger partial charge on any atom is 0.407 e. The van der Waals surface area contributed by atoms with Gasteiger partial charge in [-0.2, -0.15) is 18.4 Å². The SMILES string of the molecule is CC(C)(F)C[C@H](N[C@@H](c1ccc(-c2ccc(C3(CC(N)=O)CC3)cc2)cc1)C(F)(F)F)C(=O)NC1(C#N)CC1. The summed E-state index contributed by atoms with van der Waals surface area (Å²) < 4.78 is 57.0. The highest BCUT2D eigenvalue weighted by Crippen LogP contribution is 2.51. The Kier molecular flexibility index (Phi) is 7.52. The quantitative estimate of drug-likeness (QED) is 0.341. The van der Waals surface area contributed by atoms with Crippen molar-refractivity contribution in [3.63, 3.8) is 0 Å². The number of nitriles is 1. The number of rotatable bonds is 11. The highest BCUT2D eigenvalue weighted by Gasteiger charge is 2.48. The van der Waals surface area contributed by atoms with Crippen LogP contribution in [0.3, 0.4) is 0 Å². The fourth-order valence-corrected chi connectivity index (χ4v) is 4.94. The minimum Gasteiger partial charge on any atom is -0.370 e. The molecule has 4 N–H and O–H groups in total. The molecule has 10 heteroatoms. The molecule has 0 spiro atoms. The predicted octanol–water partition coefficient (Wildman–Crippen LogP) is 5.13. The van der Waals surface area contributed by atoms with Crippen molar-refractivity contribution in [1.82, 2.24) is 10.6 Å². The number of nitrogens with two attached hydrogens (primary N) is 1. The highest BCUT2D eigenvalue weighted by atomic mass is 19.4. The summed E-state index contributed by atoms with van der Waals surface area (Å²) in [7, 11) is 0. The zero-order valence-corrected chi connectivity index (χ0v) is 21.9. The van der Waals surface area contributed by atoms with Gasteiger partial charge in [0.15, 0.2) is 0 Å². The maximum atomic E-state index is 14.5. The first-order valence-corrected chi connectivity index (χ1v) is 12.9. The summed E-state index contributed by atoms with van der Waals surface area (Å²) in [6.07, 6.45) is -2.43. The molecule has 2 amide bonds. The lowest BCUT2D eigenvalue weighted by Gasteiger charge is -2.30. The molecular weight excluding hydrogens is 512 g/mol. The molecule has 0 saturated heterocycles. The van der Waals surface area contributed by atoms with Gasteiger partial charge < -0.3 is 11.1 Å². The van der Waals surface area contributed by atoms with Crippen molar-refractivity contribution >= 4 is 11.8 Å². The lowest BCUT2D eigenvalue weighted by Crippen LogP contribution is -2.53. The number of amides is 2. The zero-order chi connectivity index (χ0) is 28.6. The van der Waals surface area contributed by atoms with E-state index in [0.717, 1.165) is 24.0 Å². The summed E-state index contributed by atoms with van der Waals surface area (Å²) in [6, 6.07) is 11.5. The van der Waals surface area contributed by atoms with Gasteiger partial charge in [-0.25, -0.2) is 4.39 Å². The summed E-state index contributed by atoms with van der Waals surface area (Å²) in [5.41, 5.74) is 4.50. The predicted molar refractivity (Wildman–Crippen MR) is 138 cm³/mol. The van der Waals surface area contributed by atoms with E-state index >= 15 is 0 Å². The summed E-state index contributed by atoms with van der Waals surface area (Å²) in [5.74, 6) is -1.19. The van der Waals surface area contributed by atoms with Crippen LogP contribution in [-0.2, 0) is 15.0 Å². The largest absolute Gasteiger partial charge is 0.407 e. The number of carbonyl (C=O) groups is 2. The van der Waals surface area contributed by atoms with Gasteiger partial charge in [-0.3, -0.25) is 14.9 Å². The molecule has 4 rings (SSSR count). The van der Waals surface area contributed by atoms with Crippen molar-refractivity contribution in [3.8, 4) is 17.2 Å². The summed E-state index contributed by atoms with van der Waals surface area (Å²) in [4.78, 5) is 24.3. The van der Waals surface area contributed by atoms with E-state index in [1.54, 1.807) is 12.1 Å². The van der Waals surface area contributed by atoms with Crippen molar-refractivity contribution in [2.75, 3.05) is 0 Å². The van der Waals surface area contributed by atoms with Gasteiger partial charge in [0.2, 0.25) is 11.8 Å². The lowest BCUT2D eigenvalue weighted by atomic mass is 9.90. The molecule has 0 aliphatic heterocycles. The van der Waals surface area contributed by atoms with Crippen LogP contribution >= 0.6 is 0 Å². The Morgan fingerprint density at radius 3 is 1.92 bits per heavy atom. The van der Waals surface area contributed by atoms with Crippen molar-refractivity contribution in [3.05, 3.63) is 59.7 Å². The molecule has 2 fully saturated rings. The van der Waals surface area contributed by atoms with Gasteiger partial charge >= 0.3 is 6.18 Å². The van der Waals surface area contributed by atoms with Crippen LogP contribution in [0, 0.1) is 11.3 Å². The van der Waals surface area contributed by atoms with E-state index in [1.807, 2.05) is 30.3 Å². The fraction of sp³-hybridized carbons (Fsp3) is 0.483. The zero-order valence-electron chi connectivity index (χ0n) is 21.9. The second-order valence-electron chi connectivity index (χ2n) is 11.4. The molecule has 2 aliphatic carbocycles. The first kappa shape index (κ1) is 28.6. The number of hydrogen-bond acceptors (Lipinski definition) is 4. The molecular formula is C29H32F4N4O2. The van der Waals surface area contributed by atoms with Crippen LogP contribution in [-0.4, -0.2) is 35.2 Å². The Labute approximate surface area is 224 Å². The van der Waals surface area contributed by atoms with Gasteiger partial charge in [-0.1, -0.05) is 48.5 Å². The monoisotopic (exact) mass is 544 g/mol. The number of benzene rings is 2. The number of nitrogens with zero attached hydrogens (tertiary/aromatic N) is 1. The Morgan fingerprint density at radius 1 is 0.974 bits per heavy atom. The maximum absolute atomic E-state index is 14.5. The van der Waals surface area contributed by atoms with Crippen LogP contribution in [0.4, 0.5) is 17.6 Å². The van der Waals surface area contributed by atoms with Gasteiger partial charge in [0, 0.05) is 18.3 Å². The molecule has 2 aromatic carbocycles. The highest BCUT2D eigenvalue weighted by molar-refractivity contribution is 5.83. The Bertz CT molecular complexity index is 1250. The van der Waals surface area contributed by atoms with Gasteiger partial charge in [-0.05, 0) is 61.8 Å². The van der Waals surface area contributed by atoms with Crippen LogP contribution in [0.15, 0.2) is 48.5 Å². The first-order valence-electron chi connectivity index (χ1n) is 12.9. The topological polar surface area (TPSA) is 108 Å². The number of halogens is 4. The smallest absolute Gasteiger partial charge is 0.370 e. The summed E-state index contributed by atoms with van der Waals surface area (Å²) >= 11 is 0. The molecule has 2 atom stereocenters. The van der Waals surface area contributed by atoms with E-state index in [4.69, 9.17) is 5.73 Å². The average Bonchev–Trinajstić information content (AvgIpc) is 3.78. The minimum absolute atomic E-state index is 0.128. The van der Waals surface area contributed by atoms with Crippen LogP contribution in [0.1, 0.15) is 69.5 Å². The summed E-state index contributed by atoms with van der Waals surface area (Å²) in [6.45, 7) is 2.38. The van der Waals surface area contributed by atoms with Crippen molar-refractivity contribution < 1.29 is 27.2 Å². The molecule has 0 aromatic heterocycles. The van der Waals surface area contributed by atoms with Crippen LogP contribution in [0.25, 0.3) is 11.1 Å². The van der Waals surface area contributed by atoms with E-state index in [9.17, 15) is 32.4 Å². The van der Waals surface area contributed by atoms with Crippen molar-refractivity contribution in [1.29, 1.82) is 5.26 Å². The van der Waals surface area contributed by atoms with Crippen LogP contribution in [0.5, 0.6) is 0 Å². The van der Waals surface area contributed by atoms with E-state index < -0.39 is 41.8 Å². The molecule has 0 radical (unpaired) electrons. The molecule has 39 heavy (non-hydrogen) atoms. The van der Waals surface area contributed by atoms with E-state index in [2.05, 4.69) is 10.6 Å². The standard InChI is InChI=1S/C29H32F4N4O2/c1-26(2,30)15-22(25(39)37-28(17-34)13-14-28)36-24(29(31,32)33)20-5-3-18(4-6-20)19-7-9-21(10-8-19)27(11-12-27)16-23(35)38/h3-10,22,24,36H,11-16H2,1-2H3,(H2,35,38)(H,37,39)/t22-,24-/m0/s1. The molecule has 0 bridgehead atoms. The molecule has 0 unspecified atom stereocenters. The molecule has 6 nitrogen and oxygen atoms in total. The fourth-order valence-electron chi connectivity index (χ4n) is 4.94. The molecule has 0 heterocycles. The Hall–Kier alpha value is -3.45. The molecule has 2 saturated carbocycles. The summed E-state index contributed by atoms with van der Waals surface area (Å²) in [5, 5.41) is 14.1. The lowest BCUT2D eigenvalue weighted by molar-refractivity contribution is -0.161. The van der Waals surface area contributed by atoms with Crippen molar-refractivity contribution in [2.24, 2.45) is 5.73 Å².